The molecule has 0 aromatic heterocycles. The molecule has 4 rings (SSSR count). The standard InChI is InChI=1S/C48H72/c1-7-13-19-27-37-35-36-45-41-31-25-26-34-43(41)47-42(32-23-17-11-5)39(29-21-15-9-3)40(30-22-16-10-4)44(33-24-18-12-6)48(47)46(45)38(37)28-20-14-8-2/h25-26,31,34-36H,7-24,27-30,32-33H2,1-6H3. The van der Waals surface area contributed by atoms with Crippen LogP contribution in [0.15, 0.2) is 36.4 Å². The van der Waals surface area contributed by atoms with Gasteiger partial charge < -0.3 is 0 Å². The van der Waals surface area contributed by atoms with Crippen LogP contribution in [0.1, 0.15) is 190 Å². The van der Waals surface area contributed by atoms with Gasteiger partial charge in [-0.3, -0.25) is 0 Å². The first-order chi connectivity index (χ1) is 23.7. The molecule has 0 radical (unpaired) electrons. The predicted octanol–water partition coefficient (Wildman–Crippen LogP) is 15.5. The molecule has 0 heterocycles. The smallest absolute Gasteiger partial charge is 0.00582 e. The molecule has 0 saturated carbocycles. The average molecular weight is 649 g/mol. The Hall–Kier alpha value is -2.34. The van der Waals surface area contributed by atoms with Gasteiger partial charge in [-0.05, 0) is 143 Å². The summed E-state index contributed by atoms with van der Waals surface area (Å²) in [5, 5.41) is 9.56. The van der Waals surface area contributed by atoms with Gasteiger partial charge in [-0.25, -0.2) is 0 Å². The van der Waals surface area contributed by atoms with Crippen molar-refractivity contribution >= 4 is 32.3 Å². The normalized spacial score (nSPS) is 11.9. The van der Waals surface area contributed by atoms with Gasteiger partial charge in [0.1, 0.15) is 0 Å². The van der Waals surface area contributed by atoms with E-state index in [4.69, 9.17) is 0 Å². The lowest BCUT2D eigenvalue weighted by Gasteiger charge is -2.27. The molecular formula is C48H72. The largest absolute Gasteiger partial charge is 0.0654 e. The van der Waals surface area contributed by atoms with Crippen LogP contribution < -0.4 is 0 Å². The number of rotatable bonds is 24. The first kappa shape index (κ1) is 38.5. The second-order valence-corrected chi connectivity index (χ2v) is 15.1. The minimum Gasteiger partial charge on any atom is -0.0654 e. The van der Waals surface area contributed by atoms with Gasteiger partial charge >= 0.3 is 0 Å². The fourth-order valence-corrected chi connectivity index (χ4v) is 8.68. The van der Waals surface area contributed by atoms with Crippen LogP contribution in [-0.2, 0) is 38.5 Å². The Morgan fingerprint density at radius 2 is 0.646 bits per heavy atom. The molecule has 48 heavy (non-hydrogen) atoms. The monoisotopic (exact) mass is 649 g/mol. The van der Waals surface area contributed by atoms with Crippen LogP contribution >= 0.6 is 0 Å². The van der Waals surface area contributed by atoms with Gasteiger partial charge in [-0.2, -0.15) is 0 Å². The highest BCUT2D eigenvalue weighted by Gasteiger charge is 2.24. The molecule has 0 bridgehead atoms. The topological polar surface area (TPSA) is 0 Å². The zero-order valence-corrected chi connectivity index (χ0v) is 32.4. The summed E-state index contributed by atoms with van der Waals surface area (Å²) in [5.41, 5.74) is 10.4. The lowest BCUT2D eigenvalue weighted by Crippen LogP contribution is -2.10. The fourth-order valence-electron chi connectivity index (χ4n) is 8.68. The maximum atomic E-state index is 2.56. The van der Waals surface area contributed by atoms with Crippen molar-refractivity contribution in [1.82, 2.24) is 0 Å². The second kappa shape index (κ2) is 21.0. The lowest BCUT2D eigenvalue weighted by atomic mass is 9.77. The van der Waals surface area contributed by atoms with Crippen LogP contribution in [0, 0.1) is 0 Å². The third kappa shape index (κ3) is 9.46. The van der Waals surface area contributed by atoms with Gasteiger partial charge in [0.05, 0.1) is 0 Å². The molecule has 0 heteroatoms. The van der Waals surface area contributed by atoms with E-state index >= 15 is 0 Å². The summed E-state index contributed by atoms with van der Waals surface area (Å²) in [6.45, 7) is 14.2. The molecule has 0 unspecified atom stereocenters. The lowest BCUT2D eigenvalue weighted by molar-refractivity contribution is 0.670. The highest BCUT2D eigenvalue weighted by Crippen LogP contribution is 2.46. The summed E-state index contributed by atoms with van der Waals surface area (Å²) in [6.07, 6.45) is 31.1. The highest BCUT2D eigenvalue weighted by molar-refractivity contribution is 6.28. The van der Waals surface area contributed by atoms with E-state index in [9.17, 15) is 0 Å². The highest BCUT2D eigenvalue weighted by atomic mass is 14.3. The first-order valence-electron chi connectivity index (χ1n) is 21.1. The second-order valence-electron chi connectivity index (χ2n) is 15.1. The zero-order chi connectivity index (χ0) is 34.1. The molecule has 0 aliphatic rings. The average Bonchev–Trinajstić information content (AvgIpc) is 3.10. The van der Waals surface area contributed by atoms with Crippen molar-refractivity contribution in [2.75, 3.05) is 0 Å². The fraction of sp³-hybridized carbons (Fsp3) is 0.625. The Morgan fingerprint density at radius 1 is 0.292 bits per heavy atom. The van der Waals surface area contributed by atoms with E-state index in [0.29, 0.717) is 0 Å². The van der Waals surface area contributed by atoms with E-state index in [2.05, 4.69) is 77.9 Å². The quantitative estimate of drug-likeness (QED) is 0.0524. The van der Waals surface area contributed by atoms with Crippen molar-refractivity contribution < 1.29 is 0 Å². The Bertz CT molecular complexity index is 1520. The number of benzene rings is 4. The molecule has 0 nitrogen and oxygen atoms in total. The van der Waals surface area contributed by atoms with E-state index in [0.717, 1.165) is 0 Å². The molecule has 0 atom stereocenters. The van der Waals surface area contributed by atoms with E-state index in [1.54, 1.807) is 49.5 Å². The van der Waals surface area contributed by atoms with Crippen LogP contribution in [0.4, 0.5) is 0 Å². The molecule has 264 valence electrons. The van der Waals surface area contributed by atoms with Crippen molar-refractivity contribution in [3.8, 4) is 0 Å². The van der Waals surface area contributed by atoms with Crippen LogP contribution in [0.5, 0.6) is 0 Å². The minimum atomic E-state index is 1.23. The summed E-state index contributed by atoms with van der Waals surface area (Å²) < 4.78 is 0. The molecule has 0 amide bonds. The third-order valence-electron chi connectivity index (χ3n) is 11.3. The summed E-state index contributed by atoms with van der Waals surface area (Å²) in [7, 11) is 0. The third-order valence-corrected chi connectivity index (χ3v) is 11.3. The summed E-state index contributed by atoms with van der Waals surface area (Å²) >= 11 is 0. The summed E-state index contributed by atoms with van der Waals surface area (Å²) in [6, 6.07) is 14.7. The minimum absolute atomic E-state index is 1.23. The van der Waals surface area contributed by atoms with Gasteiger partial charge in [-0.15, -0.1) is 0 Å². The predicted molar refractivity (Wildman–Crippen MR) is 218 cm³/mol. The van der Waals surface area contributed by atoms with E-state index in [1.165, 1.54) is 170 Å². The van der Waals surface area contributed by atoms with Gasteiger partial charge in [0.25, 0.3) is 0 Å². The van der Waals surface area contributed by atoms with Crippen LogP contribution in [-0.4, -0.2) is 0 Å². The number of hydrogen-bond acceptors (Lipinski definition) is 0. The van der Waals surface area contributed by atoms with E-state index < -0.39 is 0 Å². The number of fused-ring (bicyclic) bond motifs is 6. The molecule has 0 spiro atoms. The number of hydrogen-bond donors (Lipinski definition) is 0. The Kier molecular flexibility index (Phi) is 16.8. The summed E-state index contributed by atoms with van der Waals surface area (Å²) in [4.78, 5) is 0. The Labute approximate surface area is 296 Å². The van der Waals surface area contributed by atoms with Crippen molar-refractivity contribution in [3.05, 3.63) is 69.8 Å². The maximum absolute atomic E-state index is 2.56. The molecule has 4 aromatic rings. The van der Waals surface area contributed by atoms with E-state index in [1.807, 2.05) is 0 Å². The molecule has 0 saturated heterocycles. The van der Waals surface area contributed by atoms with Gasteiger partial charge in [0.2, 0.25) is 0 Å². The maximum Gasteiger partial charge on any atom is -0.00582 e. The van der Waals surface area contributed by atoms with Crippen LogP contribution in [0.25, 0.3) is 32.3 Å². The molecular weight excluding hydrogens is 577 g/mol. The van der Waals surface area contributed by atoms with Crippen molar-refractivity contribution in [2.45, 2.75) is 196 Å². The van der Waals surface area contributed by atoms with Gasteiger partial charge in [0.15, 0.2) is 0 Å². The molecule has 0 fully saturated rings. The van der Waals surface area contributed by atoms with Gasteiger partial charge in [-0.1, -0.05) is 155 Å². The Morgan fingerprint density at radius 3 is 1.12 bits per heavy atom. The zero-order valence-electron chi connectivity index (χ0n) is 32.4. The first-order valence-corrected chi connectivity index (χ1v) is 21.1. The van der Waals surface area contributed by atoms with Crippen LogP contribution in [0.3, 0.4) is 0 Å². The Balaban J connectivity index is 2.24. The molecule has 0 N–H and O–H groups in total. The van der Waals surface area contributed by atoms with E-state index in [-0.39, 0.29) is 0 Å². The molecule has 4 aromatic carbocycles. The number of aryl methyl sites for hydroxylation is 4. The van der Waals surface area contributed by atoms with Crippen molar-refractivity contribution in [1.29, 1.82) is 0 Å². The van der Waals surface area contributed by atoms with Crippen molar-refractivity contribution in [3.63, 3.8) is 0 Å². The van der Waals surface area contributed by atoms with Crippen LogP contribution in [0.2, 0.25) is 0 Å². The molecule has 0 aliphatic heterocycles. The molecule has 0 aliphatic carbocycles. The van der Waals surface area contributed by atoms with Gasteiger partial charge in [0, 0.05) is 0 Å². The SMILES string of the molecule is CCCCCc1ccc2c3ccccc3c3c(CCCCC)c(CCCCC)c(CCCCC)c(CCCCC)c3c2c1CCCCC. The number of unbranched alkanes of at least 4 members (excludes halogenated alkanes) is 12. The van der Waals surface area contributed by atoms with Crippen molar-refractivity contribution in [2.24, 2.45) is 0 Å². The summed E-state index contributed by atoms with van der Waals surface area (Å²) in [5.74, 6) is 0.